The summed E-state index contributed by atoms with van der Waals surface area (Å²) in [5.41, 5.74) is 0.00797. The lowest BCUT2D eigenvalue weighted by molar-refractivity contribution is -0.142. The second-order valence-electron chi connectivity index (χ2n) is 4.66. The fourth-order valence-electron chi connectivity index (χ4n) is 2.33. The maximum atomic E-state index is 12.4. The number of alkyl halides is 3. The van der Waals surface area contributed by atoms with E-state index in [4.69, 9.17) is 5.11 Å². The van der Waals surface area contributed by atoms with Crippen molar-refractivity contribution < 1.29 is 23.1 Å². The van der Waals surface area contributed by atoms with Gasteiger partial charge < -0.3 is 5.11 Å². The summed E-state index contributed by atoms with van der Waals surface area (Å²) in [5, 5.41) is 9.02. The standard InChI is InChI=1S/C13H14F3NO2/c14-13(15,16)10-5-3-9(4-6-10)8-17-7-1-2-11(17)12(18)19/h3-6,11H,1-2,7-8H2,(H,18,19)/t11-/m1/s1. The van der Waals surface area contributed by atoms with Crippen LogP contribution < -0.4 is 0 Å². The van der Waals surface area contributed by atoms with E-state index in [0.717, 1.165) is 18.6 Å². The molecule has 19 heavy (non-hydrogen) atoms. The Hall–Kier alpha value is -1.56. The predicted octanol–water partition coefficient (Wildman–Crippen LogP) is 2.75. The molecule has 1 aromatic rings. The minimum Gasteiger partial charge on any atom is -0.480 e. The third-order valence-corrected chi connectivity index (χ3v) is 3.32. The first kappa shape index (κ1) is 13.9. The van der Waals surface area contributed by atoms with Crippen LogP contribution >= 0.6 is 0 Å². The van der Waals surface area contributed by atoms with Gasteiger partial charge in [0.2, 0.25) is 0 Å². The molecule has 0 spiro atoms. The number of hydrogen-bond donors (Lipinski definition) is 1. The average Bonchev–Trinajstić information content (AvgIpc) is 2.77. The SMILES string of the molecule is O=C(O)[C@H]1CCCN1Cc1ccc(C(F)(F)F)cc1. The topological polar surface area (TPSA) is 40.5 Å². The number of benzene rings is 1. The predicted molar refractivity (Wildman–Crippen MR) is 62.5 cm³/mol. The van der Waals surface area contributed by atoms with Crippen molar-refractivity contribution in [1.29, 1.82) is 0 Å². The Morgan fingerprint density at radius 3 is 2.47 bits per heavy atom. The first-order valence-electron chi connectivity index (χ1n) is 6.01. The van der Waals surface area contributed by atoms with Gasteiger partial charge in [0.1, 0.15) is 6.04 Å². The Bertz CT molecular complexity index is 456. The number of carboxylic acids is 1. The molecule has 2 rings (SSSR count). The first-order chi connectivity index (χ1) is 8.88. The van der Waals surface area contributed by atoms with Crippen molar-refractivity contribution in [3.63, 3.8) is 0 Å². The third-order valence-electron chi connectivity index (χ3n) is 3.32. The number of likely N-dealkylation sites (tertiary alicyclic amines) is 1. The summed E-state index contributed by atoms with van der Waals surface area (Å²) >= 11 is 0. The van der Waals surface area contributed by atoms with E-state index in [2.05, 4.69) is 0 Å². The molecule has 1 atom stereocenters. The zero-order valence-electron chi connectivity index (χ0n) is 10.2. The number of carbonyl (C=O) groups is 1. The number of aliphatic carboxylic acids is 1. The van der Waals surface area contributed by atoms with Crippen LogP contribution in [0.15, 0.2) is 24.3 Å². The normalized spacial score (nSPS) is 20.7. The molecule has 3 nitrogen and oxygen atoms in total. The van der Waals surface area contributed by atoms with E-state index in [1.165, 1.54) is 12.1 Å². The fourth-order valence-corrected chi connectivity index (χ4v) is 2.33. The van der Waals surface area contributed by atoms with Crippen molar-refractivity contribution in [3.05, 3.63) is 35.4 Å². The minimum absolute atomic E-state index is 0.370. The molecule has 1 heterocycles. The highest BCUT2D eigenvalue weighted by molar-refractivity contribution is 5.73. The van der Waals surface area contributed by atoms with Crippen LogP contribution in [0, 0.1) is 0 Å². The van der Waals surface area contributed by atoms with E-state index >= 15 is 0 Å². The van der Waals surface area contributed by atoms with Gasteiger partial charge in [-0.1, -0.05) is 12.1 Å². The molecule has 0 unspecified atom stereocenters. The number of carboxylic acid groups (broad SMARTS) is 1. The largest absolute Gasteiger partial charge is 0.480 e. The Labute approximate surface area is 108 Å². The third kappa shape index (κ3) is 3.26. The molecule has 1 fully saturated rings. The minimum atomic E-state index is -4.34. The van der Waals surface area contributed by atoms with Crippen molar-refractivity contribution in [3.8, 4) is 0 Å². The van der Waals surface area contributed by atoms with Crippen LogP contribution in [0.4, 0.5) is 13.2 Å². The summed E-state index contributed by atoms with van der Waals surface area (Å²) in [6.07, 6.45) is -2.94. The van der Waals surface area contributed by atoms with Gasteiger partial charge in [0.15, 0.2) is 0 Å². The molecule has 1 aromatic carbocycles. The van der Waals surface area contributed by atoms with E-state index in [9.17, 15) is 18.0 Å². The van der Waals surface area contributed by atoms with Crippen LogP contribution in [0.1, 0.15) is 24.0 Å². The summed E-state index contributed by atoms with van der Waals surface area (Å²) in [5.74, 6) is -0.871. The Morgan fingerprint density at radius 2 is 1.95 bits per heavy atom. The molecular weight excluding hydrogens is 259 g/mol. The highest BCUT2D eigenvalue weighted by atomic mass is 19.4. The summed E-state index contributed by atoms with van der Waals surface area (Å²) in [6.45, 7) is 1.03. The number of halogens is 3. The van der Waals surface area contributed by atoms with Gasteiger partial charge in [-0.2, -0.15) is 13.2 Å². The molecule has 0 amide bonds. The maximum Gasteiger partial charge on any atom is 0.416 e. The number of rotatable bonds is 3. The summed E-state index contributed by atoms with van der Waals surface area (Å²) < 4.78 is 37.2. The van der Waals surface area contributed by atoms with Crippen molar-refractivity contribution in [2.75, 3.05) is 6.54 Å². The van der Waals surface area contributed by atoms with Crippen LogP contribution in [0.3, 0.4) is 0 Å². The molecule has 0 bridgehead atoms. The molecule has 0 aliphatic carbocycles. The van der Waals surface area contributed by atoms with Crippen LogP contribution in [0.25, 0.3) is 0 Å². The second kappa shape index (κ2) is 5.21. The lowest BCUT2D eigenvalue weighted by atomic mass is 10.1. The molecule has 1 N–H and O–H groups in total. The first-order valence-corrected chi connectivity index (χ1v) is 6.01. The van der Waals surface area contributed by atoms with Gasteiger partial charge in [0.25, 0.3) is 0 Å². The van der Waals surface area contributed by atoms with Gasteiger partial charge in [-0.25, -0.2) is 0 Å². The molecule has 0 radical (unpaired) electrons. The summed E-state index contributed by atoms with van der Waals surface area (Å²) in [6, 6.07) is 4.34. The lowest BCUT2D eigenvalue weighted by Crippen LogP contribution is -2.35. The Morgan fingerprint density at radius 1 is 1.32 bits per heavy atom. The molecule has 0 aromatic heterocycles. The summed E-state index contributed by atoms with van der Waals surface area (Å²) in [7, 11) is 0. The second-order valence-corrected chi connectivity index (χ2v) is 4.66. The van der Waals surface area contributed by atoms with E-state index in [1.54, 1.807) is 4.90 Å². The monoisotopic (exact) mass is 273 g/mol. The molecule has 104 valence electrons. The van der Waals surface area contributed by atoms with Crippen molar-refractivity contribution >= 4 is 5.97 Å². The van der Waals surface area contributed by atoms with Crippen molar-refractivity contribution in [2.24, 2.45) is 0 Å². The number of nitrogens with zero attached hydrogens (tertiary/aromatic N) is 1. The average molecular weight is 273 g/mol. The van der Waals surface area contributed by atoms with Gasteiger partial charge in [-0.3, -0.25) is 9.69 Å². The van der Waals surface area contributed by atoms with Gasteiger partial charge in [-0.05, 0) is 37.1 Å². The van der Waals surface area contributed by atoms with E-state index < -0.39 is 23.8 Å². The lowest BCUT2D eigenvalue weighted by Gasteiger charge is -2.21. The quantitative estimate of drug-likeness (QED) is 0.920. The van der Waals surface area contributed by atoms with Gasteiger partial charge in [-0.15, -0.1) is 0 Å². The van der Waals surface area contributed by atoms with Crippen LogP contribution in [0.5, 0.6) is 0 Å². The number of hydrogen-bond acceptors (Lipinski definition) is 2. The van der Waals surface area contributed by atoms with Gasteiger partial charge in [0.05, 0.1) is 5.56 Å². The zero-order chi connectivity index (χ0) is 14.0. The van der Waals surface area contributed by atoms with Crippen LogP contribution in [-0.4, -0.2) is 28.6 Å². The van der Waals surface area contributed by atoms with Gasteiger partial charge >= 0.3 is 12.1 Å². The summed E-state index contributed by atoms with van der Waals surface area (Å²) in [4.78, 5) is 12.8. The highest BCUT2D eigenvalue weighted by Gasteiger charge is 2.31. The molecule has 1 aliphatic heterocycles. The van der Waals surface area contributed by atoms with E-state index in [-0.39, 0.29) is 0 Å². The molecule has 0 saturated carbocycles. The van der Waals surface area contributed by atoms with E-state index in [0.29, 0.717) is 25.1 Å². The molecular formula is C13H14F3NO2. The fraction of sp³-hybridized carbons (Fsp3) is 0.462. The van der Waals surface area contributed by atoms with E-state index in [1.807, 2.05) is 0 Å². The maximum absolute atomic E-state index is 12.4. The smallest absolute Gasteiger partial charge is 0.416 e. The Kier molecular flexibility index (Phi) is 3.80. The molecule has 1 aliphatic rings. The molecule has 6 heteroatoms. The van der Waals surface area contributed by atoms with Crippen LogP contribution in [0.2, 0.25) is 0 Å². The van der Waals surface area contributed by atoms with Crippen molar-refractivity contribution in [1.82, 2.24) is 4.90 Å². The zero-order valence-corrected chi connectivity index (χ0v) is 10.2. The Balaban J connectivity index is 2.06. The highest BCUT2D eigenvalue weighted by Crippen LogP contribution is 2.29. The van der Waals surface area contributed by atoms with Crippen LogP contribution in [-0.2, 0) is 17.5 Å². The van der Waals surface area contributed by atoms with Crippen molar-refractivity contribution in [2.45, 2.75) is 31.6 Å². The van der Waals surface area contributed by atoms with Gasteiger partial charge in [0, 0.05) is 6.54 Å². The molecule has 1 saturated heterocycles.